The Morgan fingerprint density at radius 3 is 2.14 bits per heavy atom. The van der Waals surface area contributed by atoms with Crippen LogP contribution < -0.4 is 10.6 Å². The standard InChI is InChI=1S/C21H23ClN4O2/c1-13-7-14(2)21(15(3)8-13)25-20(28)12-26(4)11-19(27)24-17-6-5-16(10-23)18(22)9-17/h5-9H,11-12H2,1-4H3,(H,24,27)(H,25,28). The van der Waals surface area contributed by atoms with E-state index in [1.54, 1.807) is 24.1 Å². The fourth-order valence-electron chi connectivity index (χ4n) is 2.99. The number of anilines is 2. The van der Waals surface area contributed by atoms with E-state index in [-0.39, 0.29) is 29.9 Å². The number of halogens is 1. The van der Waals surface area contributed by atoms with Gasteiger partial charge in [-0.15, -0.1) is 0 Å². The van der Waals surface area contributed by atoms with Crippen LogP contribution in [0.1, 0.15) is 22.3 Å². The van der Waals surface area contributed by atoms with Gasteiger partial charge >= 0.3 is 0 Å². The molecule has 0 unspecified atom stereocenters. The van der Waals surface area contributed by atoms with E-state index in [0.29, 0.717) is 11.3 Å². The Balaban J connectivity index is 1.90. The summed E-state index contributed by atoms with van der Waals surface area (Å²) in [4.78, 5) is 26.1. The second-order valence-corrected chi connectivity index (χ2v) is 7.26. The number of rotatable bonds is 6. The van der Waals surface area contributed by atoms with E-state index in [1.807, 2.05) is 39.0 Å². The van der Waals surface area contributed by atoms with Crippen LogP contribution in [-0.2, 0) is 9.59 Å². The number of hydrogen-bond donors (Lipinski definition) is 2. The molecule has 0 saturated carbocycles. The number of carbonyl (C=O) groups is 2. The van der Waals surface area contributed by atoms with Gasteiger partial charge in [0.05, 0.1) is 23.7 Å². The lowest BCUT2D eigenvalue weighted by Crippen LogP contribution is -2.36. The molecule has 0 aliphatic heterocycles. The Kier molecular flexibility index (Phi) is 7.16. The molecule has 0 aromatic heterocycles. The highest BCUT2D eigenvalue weighted by Crippen LogP contribution is 2.22. The quantitative estimate of drug-likeness (QED) is 0.777. The molecule has 0 aliphatic rings. The molecule has 2 aromatic rings. The Bertz CT molecular complexity index is 927. The van der Waals surface area contributed by atoms with Gasteiger partial charge in [0.25, 0.3) is 0 Å². The second kappa shape index (κ2) is 9.36. The maximum Gasteiger partial charge on any atom is 0.238 e. The van der Waals surface area contributed by atoms with Gasteiger partial charge in [-0.3, -0.25) is 14.5 Å². The monoisotopic (exact) mass is 398 g/mol. The molecular weight excluding hydrogens is 376 g/mol. The van der Waals surface area contributed by atoms with Crippen molar-refractivity contribution in [3.8, 4) is 6.07 Å². The van der Waals surface area contributed by atoms with E-state index in [0.717, 1.165) is 22.4 Å². The molecule has 0 atom stereocenters. The molecule has 0 saturated heterocycles. The van der Waals surface area contributed by atoms with Gasteiger partial charge in [0.1, 0.15) is 6.07 Å². The summed E-state index contributed by atoms with van der Waals surface area (Å²) in [6.07, 6.45) is 0. The highest BCUT2D eigenvalue weighted by atomic mass is 35.5. The highest BCUT2D eigenvalue weighted by Gasteiger charge is 2.13. The van der Waals surface area contributed by atoms with Crippen molar-refractivity contribution in [1.29, 1.82) is 5.26 Å². The minimum atomic E-state index is -0.279. The molecule has 0 heterocycles. The van der Waals surface area contributed by atoms with Crippen molar-refractivity contribution in [3.05, 3.63) is 57.6 Å². The molecule has 2 amide bonds. The van der Waals surface area contributed by atoms with Gasteiger partial charge < -0.3 is 10.6 Å². The van der Waals surface area contributed by atoms with E-state index in [9.17, 15) is 9.59 Å². The maximum atomic E-state index is 12.3. The zero-order chi connectivity index (χ0) is 20.8. The Morgan fingerprint density at radius 2 is 1.61 bits per heavy atom. The lowest BCUT2D eigenvalue weighted by molar-refractivity contribution is -0.119. The van der Waals surface area contributed by atoms with Crippen LogP contribution in [0.5, 0.6) is 0 Å². The SMILES string of the molecule is Cc1cc(C)c(NC(=O)CN(C)CC(=O)Nc2ccc(C#N)c(Cl)c2)c(C)c1. The van der Waals surface area contributed by atoms with E-state index in [4.69, 9.17) is 16.9 Å². The number of nitrogens with zero attached hydrogens (tertiary/aromatic N) is 2. The average Bonchev–Trinajstić information content (AvgIpc) is 2.58. The molecule has 2 N–H and O–H groups in total. The number of nitriles is 1. The van der Waals surface area contributed by atoms with Crippen molar-refractivity contribution >= 4 is 34.8 Å². The minimum Gasteiger partial charge on any atom is -0.325 e. The third kappa shape index (κ3) is 5.81. The number of aryl methyl sites for hydroxylation is 3. The Hall–Kier alpha value is -2.88. The normalized spacial score (nSPS) is 10.5. The predicted molar refractivity (Wildman–Crippen MR) is 112 cm³/mol. The summed E-state index contributed by atoms with van der Waals surface area (Å²) in [6.45, 7) is 6.04. The first-order chi connectivity index (χ1) is 13.2. The number of hydrogen-bond acceptors (Lipinski definition) is 4. The van der Waals surface area contributed by atoms with Crippen LogP contribution in [0.25, 0.3) is 0 Å². The smallest absolute Gasteiger partial charge is 0.238 e. The van der Waals surface area contributed by atoms with Crippen LogP contribution in [0.4, 0.5) is 11.4 Å². The summed E-state index contributed by atoms with van der Waals surface area (Å²) in [7, 11) is 1.69. The molecule has 0 aliphatic carbocycles. The number of benzene rings is 2. The van der Waals surface area contributed by atoms with Crippen molar-refractivity contribution < 1.29 is 9.59 Å². The molecule has 0 fully saturated rings. The summed E-state index contributed by atoms with van der Waals surface area (Å²) in [5, 5.41) is 14.8. The van der Waals surface area contributed by atoms with Crippen LogP contribution in [0.15, 0.2) is 30.3 Å². The number of nitrogens with one attached hydrogen (secondary N) is 2. The van der Waals surface area contributed by atoms with Gasteiger partial charge in [0.2, 0.25) is 11.8 Å². The molecule has 146 valence electrons. The molecule has 0 bridgehead atoms. The molecule has 0 spiro atoms. The highest BCUT2D eigenvalue weighted by molar-refractivity contribution is 6.32. The summed E-state index contributed by atoms with van der Waals surface area (Å²) in [5.74, 6) is -0.467. The Labute approximate surface area is 170 Å². The zero-order valence-corrected chi connectivity index (χ0v) is 17.1. The topological polar surface area (TPSA) is 85.2 Å². The van der Waals surface area contributed by atoms with Crippen LogP contribution in [-0.4, -0.2) is 36.9 Å². The first-order valence-corrected chi connectivity index (χ1v) is 9.13. The van der Waals surface area contributed by atoms with Crippen molar-refractivity contribution in [2.24, 2.45) is 0 Å². The fourth-order valence-corrected chi connectivity index (χ4v) is 3.21. The summed E-state index contributed by atoms with van der Waals surface area (Å²) in [6, 6.07) is 10.7. The molecule has 2 aromatic carbocycles. The molecule has 6 nitrogen and oxygen atoms in total. The van der Waals surface area contributed by atoms with Gasteiger partial charge in [-0.2, -0.15) is 5.26 Å². The van der Waals surface area contributed by atoms with Gasteiger partial charge in [-0.1, -0.05) is 29.3 Å². The minimum absolute atomic E-state index is 0.0386. The van der Waals surface area contributed by atoms with Crippen LogP contribution in [0.3, 0.4) is 0 Å². The van der Waals surface area contributed by atoms with E-state index < -0.39 is 0 Å². The van der Waals surface area contributed by atoms with Gasteiger partial charge in [0.15, 0.2) is 0 Å². The zero-order valence-electron chi connectivity index (χ0n) is 16.4. The van der Waals surface area contributed by atoms with Crippen LogP contribution in [0.2, 0.25) is 5.02 Å². The fraction of sp³-hybridized carbons (Fsp3) is 0.286. The summed E-state index contributed by atoms with van der Waals surface area (Å²) >= 11 is 5.96. The van der Waals surface area contributed by atoms with E-state index >= 15 is 0 Å². The molecular formula is C21H23ClN4O2. The second-order valence-electron chi connectivity index (χ2n) is 6.85. The number of carbonyl (C=O) groups excluding carboxylic acids is 2. The molecule has 2 rings (SSSR count). The summed E-state index contributed by atoms with van der Waals surface area (Å²) in [5.41, 5.74) is 4.80. The van der Waals surface area contributed by atoms with Gasteiger partial charge in [-0.25, -0.2) is 0 Å². The maximum absolute atomic E-state index is 12.3. The lowest BCUT2D eigenvalue weighted by atomic mass is 10.1. The van der Waals surface area contributed by atoms with Crippen molar-refractivity contribution in [2.75, 3.05) is 30.8 Å². The Morgan fingerprint density at radius 1 is 1.04 bits per heavy atom. The van der Waals surface area contributed by atoms with Gasteiger partial charge in [-0.05, 0) is 57.1 Å². The largest absolute Gasteiger partial charge is 0.325 e. The average molecular weight is 399 g/mol. The first-order valence-electron chi connectivity index (χ1n) is 8.75. The first kappa shape index (κ1) is 21.4. The summed E-state index contributed by atoms with van der Waals surface area (Å²) < 4.78 is 0. The third-order valence-electron chi connectivity index (χ3n) is 4.14. The van der Waals surface area contributed by atoms with Crippen molar-refractivity contribution in [2.45, 2.75) is 20.8 Å². The molecule has 28 heavy (non-hydrogen) atoms. The van der Waals surface area contributed by atoms with Crippen LogP contribution >= 0.6 is 11.6 Å². The molecule has 7 heteroatoms. The number of amides is 2. The predicted octanol–water partition coefficient (Wildman–Crippen LogP) is 3.65. The molecule has 0 radical (unpaired) electrons. The van der Waals surface area contributed by atoms with E-state index in [1.165, 1.54) is 6.07 Å². The van der Waals surface area contributed by atoms with Crippen LogP contribution in [0, 0.1) is 32.1 Å². The van der Waals surface area contributed by atoms with Crippen molar-refractivity contribution in [3.63, 3.8) is 0 Å². The lowest BCUT2D eigenvalue weighted by Gasteiger charge is -2.18. The van der Waals surface area contributed by atoms with E-state index in [2.05, 4.69) is 10.6 Å². The van der Waals surface area contributed by atoms with Gasteiger partial charge in [0, 0.05) is 11.4 Å². The van der Waals surface area contributed by atoms with Crippen molar-refractivity contribution in [1.82, 2.24) is 4.90 Å². The number of likely N-dealkylation sites (N-methyl/N-ethyl adjacent to an activating group) is 1. The third-order valence-corrected chi connectivity index (χ3v) is 4.45.